The van der Waals surface area contributed by atoms with Crippen molar-refractivity contribution in [2.75, 3.05) is 76.0 Å². The lowest BCUT2D eigenvalue weighted by Gasteiger charge is -2.62. The first-order chi connectivity index (χ1) is 47.2. The smallest absolute Gasteiger partial charge is 0.415 e. The second-order valence-electron chi connectivity index (χ2n) is 30.6. The molecule has 1 spiro atoms. The SMILES string of the molecule is CCCC[Si](C)(CCSCC(NC(C)=O)C(=O)CC(C)C(=O)NC(C)C(=O)CC(CCCCNC(=O)C(N)Cc1ccccc1)C(=O)NCCN(C)C(=O)Oc1ccc2c3c1O[C@H]1C(=O)CC[C@@]4(O)[C@@H](C2)N(CC2CC2)CC[C@]314)O[Si](C)(C)O[Si](C)(CCSCCOCCC)O[Si](C)(C)C. The summed E-state index contributed by atoms with van der Waals surface area (Å²) >= 11 is 3.45. The summed E-state index contributed by atoms with van der Waals surface area (Å²) in [6.07, 6.45) is 6.63. The van der Waals surface area contributed by atoms with Crippen molar-refractivity contribution in [3.05, 3.63) is 59.2 Å². The molecule has 3 aliphatic carbocycles. The van der Waals surface area contributed by atoms with Crippen LogP contribution in [0.5, 0.6) is 11.5 Å². The monoisotopic (exact) mass is 1500 g/mol. The number of thioether (sulfide) groups is 2. The highest BCUT2D eigenvalue weighted by atomic mass is 32.2. The number of benzene rings is 2. The van der Waals surface area contributed by atoms with Crippen molar-refractivity contribution in [2.24, 2.45) is 23.5 Å². The molecule has 3 fully saturated rings. The van der Waals surface area contributed by atoms with Gasteiger partial charge in [0, 0.05) is 101 Å². The Hall–Kier alpha value is -4.31. The van der Waals surface area contributed by atoms with Crippen molar-refractivity contribution < 1.29 is 70.0 Å². The number of piperidine rings is 1. The number of hydrogen-bond donors (Lipinski definition) is 6. The number of carbonyl (C=O) groups is 8. The van der Waals surface area contributed by atoms with Crippen LogP contribution in [0.4, 0.5) is 4.79 Å². The third-order valence-corrected chi connectivity index (χ3v) is 38.5. The minimum absolute atomic E-state index is 0.00472. The van der Waals surface area contributed by atoms with Gasteiger partial charge in [-0.3, -0.25) is 38.5 Å². The molecule has 11 atom stereocenters. The van der Waals surface area contributed by atoms with E-state index in [1.165, 1.54) is 31.7 Å². The minimum Gasteiger partial charge on any atom is -0.477 e. The van der Waals surface area contributed by atoms with Crippen LogP contribution >= 0.6 is 23.5 Å². The third kappa shape index (κ3) is 23.3. The number of rotatable bonds is 46. The van der Waals surface area contributed by atoms with Crippen LogP contribution in [-0.2, 0) is 68.9 Å². The quantitative estimate of drug-likeness (QED) is 0.0266. The van der Waals surface area contributed by atoms with Gasteiger partial charge in [-0.15, -0.1) is 0 Å². The molecular formula is C72H119N7O15S2Si4. The average molecular weight is 1500 g/mol. The molecule has 2 aromatic rings. The number of ether oxygens (including phenoxy) is 3. The van der Waals surface area contributed by atoms with Crippen LogP contribution in [0.25, 0.3) is 0 Å². The molecule has 2 bridgehead atoms. The fourth-order valence-corrected chi connectivity index (χ4v) is 38.6. The molecule has 2 aliphatic heterocycles. The van der Waals surface area contributed by atoms with Gasteiger partial charge in [0.25, 0.3) is 0 Å². The Kier molecular flexibility index (Phi) is 31.2. The summed E-state index contributed by atoms with van der Waals surface area (Å²) in [5, 5.41) is 24.1. The van der Waals surface area contributed by atoms with Gasteiger partial charge in [0.05, 0.1) is 35.7 Å². The fourth-order valence-electron chi connectivity index (χ4n) is 15.0. The van der Waals surface area contributed by atoms with E-state index in [1.54, 1.807) is 31.7 Å². The van der Waals surface area contributed by atoms with E-state index in [1.807, 2.05) is 48.2 Å². The number of nitrogens with one attached hydrogen (secondary N) is 4. The molecule has 0 radical (unpaired) electrons. The molecule has 28 heteroatoms. The number of ketones is 3. The van der Waals surface area contributed by atoms with Gasteiger partial charge >= 0.3 is 23.2 Å². The summed E-state index contributed by atoms with van der Waals surface area (Å²) in [5.74, 6) is -0.200. The molecule has 7 unspecified atom stereocenters. The van der Waals surface area contributed by atoms with Gasteiger partial charge < -0.3 is 63.6 Å². The molecule has 7 N–H and O–H groups in total. The van der Waals surface area contributed by atoms with Crippen LogP contribution in [0.1, 0.15) is 135 Å². The number of Topliss-reactive ketones (excluding diaryl/α,β-unsaturated/α-hetero) is 3. The van der Waals surface area contributed by atoms with E-state index >= 15 is 0 Å². The Morgan fingerprint density at radius 3 is 2.21 bits per heavy atom. The molecule has 7 rings (SSSR count). The summed E-state index contributed by atoms with van der Waals surface area (Å²) in [6.45, 7) is 27.7. The minimum atomic E-state index is -2.71. The highest BCUT2D eigenvalue weighted by molar-refractivity contribution is 7.99. The van der Waals surface area contributed by atoms with Gasteiger partial charge in [-0.05, 0) is 170 Å². The van der Waals surface area contributed by atoms with E-state index in [2.05, 4.69) is 85.8 Å². The molecule has 560 valence electrons. The summed E-state index contributed by atoms with van der Waals surface area (Å²) in [5.41, 5.74) is 6.81. The summed E-state index contributed by atoms with van der Waals surface area (Å²) in [6, 6.07) is 12.9. The Morgan fingerprint density at radius 1 is 0.800 bits per heavy atom. The fraction of sp³-hybridized carbons (Fsp3) is 0.722. The summed E-state index contributed by atoms with van der Waals surface area (Å²) in [7, 11) is -8.12. The molecule has 5 amide bonds. The van der Waals surface area contributed by atoms with Crippen LogP contribution in [0.15, 0.2) is 42.5 Å². The van der Waals surface area contributed by atoms with Gasteiger partial charge in [-0.2, -0.15) is 23.5 Å². The average Bonchev–Trinajstić information content (AvgIpc) is 1.49. The number of aliphatic hydroxyl groups is 1. The van der Waals surface area contributed by atoms with E-state index in [9.17, 15) is 43.5 Å². The van der Waals surface area contributed by atoms with Crippen LogP contribution in [0.3, 0.4) is 0 Å². The normalized spacial score (nSPS) is 22.1. The maximum absolute atomic E-state index is 14.2. The molecule has 22 nitrogen and oxygen atoms in total. The van der Waals surface area contributed by atoms with Crippen molar-refractivity contribution in [1.29, 1.82) is 0 Å². The Morgan fingerprint density at radius 2 is 1.52 bits per heavy atom. The first-order valence-corrected chi connectivity index (χ1v) is 50.7. The number of carbonyl (C=O) groups excluding carboxylic acids is 8. The molecule has 2 aromatic carbocycles. The van der Waals surface area contributed by atoms with Crippen molar-refractivity contribution in [3.63, 3.8) is 0 Å². The predicted molar refractivity (Wildman–Crippen MR) is 404 cm³/mol. The number of nitrogens with two attached hydrogens (primary N) is 1. The highest BCUT2D eigenvalue weighted by Crippen LogP contribution is 2.65. The lowest BCUT2D eigenvalue weighted by atomic mass is 9.49. The number of likely N-dealkylation sites (N-methyl/N-ethyl adjacent to an activating group) is 1. The second kappa shape index (κ2) is 37.6. The van der Waals surface area contributed by atoms with Crippen molar-refractivity contribution in [1.82, 2.24) is 31.1 Å². The zero-order valence-corrected chi connectivity index (χ0v) is 67.8. The zero-order valence-electron chi connectivity index (χ0n) is 62.1. The van der Waals surface area contributed by atoms with Gasteiger partial charge in [-0.25, -0.2) is 4.79 Å². The van der Waals surface area contributed by atoms with E-state index in [4.69, 9.17) is 32.3 Å². The lowest BCUT2D eigenvalue weighted by molar-refractivity contribution is -0.188. The predicted octanol–water partition coefficient (Wildman–Crippen LogP) is 9.33. The highest BCUT2D eigenvalue weighted by Gasteiger charge is 2.73. The molecule has 1 saturated heterocycles. The Bertz CT molecular complexity index is 3120. The van der Waals surface area contributed by atoms with Crippen molar-refractivity contribution >= 4 is 104 Å². The van der Waals surface area contributed by atoms with Gasteiger partial charge in [0.1, 0.15) is 0 Å². The Labute approximate surface area is 608 Å². The van der Waals surface area contributed by atoms with Crippen LogP contribution in [0, 0.1) is 17.8 Å². The van der Waals surface area contributed by atoms with Gasteiger partial charge in [0.15, 0.2) is 51.6 Å². The van der Waals surface area contributed by atoms with Gasteiger partial charge in [-0.1, -0.05) is 76.4 Å². The summed E-state index contributed by atoms with van der Waals surface area (Å²) < 4.78 is 39.5. The molecule has 2 saturated carbocycles. The first-order valence-electron chi connectivity index (χ1n) is 36.8. The molecule has 5 aliphatic rings. The molecular weight excluding hydrogens is 1380 g/mol. The lowest BCUT2D eigenvalue weighted by Crippen LogP contribution is -2.76. The van der Waals surface area contributed by atoms with E-state index < -0.39 is 105 Å². The maximum Gasteiger partial charge on any atom is 0.415 e. The van der Waals surface area contributed by atoms with Crippen LogP contribution in [0.2, 0.25) is 64.0 Å². The first kappa shape index (κ1) is 83.0. The number of unbranched alkanes of at least 4 members (excludes halogenated alkanes) is 2. The van der Waals surface area contributed by atoms with Crippen molar-refractivity contribution in [3.8, 4) is 11.5 Å². The molecule has 0 aromatic heterocycles. The zero-order chi connectivity index (χ0) is 73.2. The van der Waals surface area contributed by atoms with E-state index in [0.29, 0.717) is 61.7 Å². The number of hydrogen-bond acceptors (Lipinski definition) is 19. The van der Waals surface area contributed by atoms with Crippen LogP contribution in [-0.4, -0.2) is 208 Å². The Balaban J connectivity index is 0.920. The number of nitrogens with zero attached hydrogens (tertiary/aromatic N) is 2. The van der Waals surface area contributed by atoms with Crippen LogP contribution < -0.4 is 36.5 Å². The molecule has 100 heavy (non-hydrogen) atoms. The summed E-state index contributed by atoms with van der Waals surface area (Å²) in [4.78, 5) is 113. The second-order valence-corrected chi connectivity index (χ2v) is 49.1. The largest absolute Gasteiger partial charge is 0.477 e. The third-order valence-electron chi connectivity index (χ3n) is 20.1. The topological polar surface area (TPSA) is 293 Å². The van der Waals surface area contributed by atoms with E-state index in [0.717, 1.165) is 91.9 Å². The maximum atomic E-state index is 14.2. The standard InChI is InChI=1S/C72H119N7O15S2Si4/c1-14-16-41-99(12,93-98(10,11)94-100(13,92-97(7,8)9)43-40-95-38-37-89-36-15-2)42-39-96-49-58(77-52(5)80)61(83)44-50(3)67(84)76-51(4)60(82)46-56(24-20-21-32-74-69(86)57(73)45-53-22-18-17-19-23-53)68(85)75-33-35-78(6)70(87)90-62-28-27-55-47-63-72(88)30-29-59(81)66-71(72,64(55)65(62)91-66)31-34-79(63)48-54-25-26-54/h17-19,22-23,27-28,50-51,54,56-58,63,66,88H,14-16,20-21,24-26,29-49,73H2,1-13H3,(H,74,86)(H,75,85)(H,76,84)(H,77,80)/t50?,51?,56?,57?,58?,63-,66+,71+,72-,99?,100?/m1/s1. The number of likely N-dealkylation sites (tertiary alicyclic amines) is 1. The molecule has 2 heterocycles. The van der Waals surface area contributed by atoms with Gasteiger partial charge in [0.2, 0.25) is 23.6 Å². The number of amides is 5. The van der Waals surface area contributed by atoms with Crippen molar-refractivity contribution in [2.45, 2.75) is 236 Å². The van der Waals surface area contributed by atoms with E-state index in [-0.39, 0.29) is 80.5 Å².